The molecule has 28 heavy (non-hydrogen) atoms. The molecule has 3 aromatic rings. The van der Waals surface area contributed by atoms with E-state index in [9.17, 15) is 8.42 Å². The van der Waals surface area contributed by atoms with Crippen LogP contribution >= 0.6 is 0 Å². The Morgan fingerprint density at radius 2 is 1.79 bits per heavy atom. The molecule has 1 saturated heterocycles. The Morgan fingerprint density at radius 3 is 2.39 bits per heavy atom. The lowest BCUT2D eigenvalue weighted by Crippen LogP contribution is -2.49. The molecular formula is C18H23N7O2S. The van der Waals surface area contributed by atoms with Crippen LogP contribution in [0.2, 0.25) is 0 Å². The zero-order valence-corrected chi connectivity index (χ0v) is 16.9. The van der Waals surface area contributed by atoms with Crippen LogP contribution in [0.3, 0.4) is 0 Å². The van der Waals surface area contributed by atoms with Crippen molar-refractivity contribution in [2.45, 2.75) is 18.7 Å². The van der Waals surface area contributed by atoms with E-state index in [1.165, 1.54) is 6.33 Å². The quantitative estimate of drug-likeness (QED) is 0.708. The number of benzene rings is 1. The van der Waals surface area contributed by atoms with E-state index in [1.807, 2.05) is 38.1 Å². The Bertz CT molecular complexity index is 1080. The molecule has 1 aromatic carbocycles. The van der Waals surface area contributed by atoms with Gasteiger partial charge in [0, 0.05) is 50.6 Å². The number of anilines is 1. The lowest BCUT2D eigenvalue weighted by atomic mass is 10.0. The minimum atomic E-state index is -3.64. The number of nitrogens with zero attached hydrogens (tertiary/aromatic N) is 6. The van der Waals surface area contributed by atoms with E-state index in [-0.39, 0.29) is 0 Å². The molecule has 0 unspecified atom stereocenters. The van der Waals surface area contributed by atoms with Crippen molar-refractivity contribution in [1.82, 2.24) is 29.3 Å². The lowest BCUT2D eigenvalue weighted by molar-refractivity contribution is 0.383. The molecule has 0 atom stereocenters. The maximum Gasteiger partial charge on any atom is 0.243 e. The van der Waals surface area contributed by atoms with Gasteiger partial charge in [0.2, 0.25) is 16.0 Å². The second kappa shape index (κ2) is 7.02. The third-order valence-electron chi connectivity index (χ3n) is 5.17. The summed E-state index contributed by atoms with van der Waals surface area (Å²) >= 11 is 0. The van der Waals surface area contributed by atoms with Gasteiger partial charge in [0.05, 0.1) is 11.1 Å². The highest BCUT2D eigenvalue weighted by atomic mass is 32.2. The molecule has 9 nitrogen and oxygen atoms in total. The Hall–Kier alpha value is -2.72. The molecule has 0 saturated carbocycles. The van der Waals surface area contributed by atoms with Crippen LogP contribution in [0.25, 0.3) is 11.1 Å². The highest BCUT2D eigenvalue weighted by Gasteiger charge is 2.31. The standard InChI is InChI=1S/C18H23N7O2S/c1-13-8-16(15-10-21-23(3)11-15)17(9-14(13)2)28(26,27)25-6-4-24(5-7-25)18-19-12-20-22-18/h8-12H,4-7H2,1-3H3,(H,19,20,22). The molecule has 1 aliphatic heterocycles. The van der Waals surface area contributed by atoms with Crippen molar-refractivity contribution < 1.29 is 8.42 Å². The van der Waals surface area contributed by atoms with Crippen LogP contribution in [0.15, 0.2) is 35.7 Å². The summed E-state index contributed by atoms with van der Waals surface area (Å²) in [6.45, 7) is 5.82. The minimum Gasteiger partial charge on any atom is -0.339 e. The van der Waals surface area contributed by atoms with Gasteiger partial charge in [0.1, 0.15) is 6.33 Å². The number of aromatic amines is 1. The zero-order valence-electron chi connectivity index (χ0n) is 16.1. The van der Waals surface area contributed by atoms with Gasteiger partial charge in [0.15, 0.2) is 0 Å². The van der Waals surface area contributed by atoms with E-state index in [0.717, 1.165) is 16.7 Å². The van der Waals surface area contributed by atoms with E-state index < -0.39 is 10.0 Å². The first-order valence-electron chi connectivity index (χ1n) is 9.07. The molecule has 0 spiro atoms. The Kier molecular flexibility index (Phi) is 4.68. The fourth-order valence-electron chi connectivity index (χ4n) is 3.42. The Labute approximate surface area is 164 Å². The first-order chi connectivity index (χ1) is 13.4. The lowest BCUT2D eigenvalue weighted by Gasteiger charge is -2.34. The number of aryl methyl sites for hydroxylation is 3. The van der Waals surface area contributed by atoms with Crippen molar-refractivity contribution in [3.63, 3.8) is 0 Å². The average Bonchev–Trinajstić information content (AvgIpc) is 3.35. The van der Waals surface area contributed by atoms with Crippen LogP contribution in [0.5, 0.6) is 0 Å². The smallest absolute Gasteiger partial charge is 0.243 e. The van der Waals surface area contributed by atoms with Gasteiger partial charge >= 0.3 is 0 Å². The summed E-state index contributed by atoms with van der Waals surface area (Å²) in [5.41, 5.74) is 3.48. The maximum absolute atomic E-state index is 13.5. The van der Waals surface area contributed by atoms with Gasteiger partial charge in [-0.05, 0) is 37.1 Å². The molecule has 1 N–H and O–H groups in total. The number of nitrogens with one attached hydrogen (secondary N) is 1. The molecule has 1 aliphatic rings. The summed E-state index contributed by atoms with van der Waals surface area (Å²) in [7, 11) is -1.82. The van der Waals surface area contributed by atoms with Gasteiger partial charge in [-0.25, -0.2) is 13.5 Å². The predicted octanol–water partition coefficient (Wildman–Crippen LogP) is 1.33. The van der Waals surface area contributed by atoms with Gasteiger partial charge in [-0.2, -0.15) is 19.5 Å². The Balaban J connectivity index is 1.67. The predicted molar refractivity (Wildman–Crippen MR) is 105 cm³/mol. The van der Waals surface area contributed by atoms with Gasteiger partial charge in [-0.15, -0.1) is 0 Å². The average molecular weight is 401 g/mol. The van der Waals surface area contributed by atoms with Crippen molar-refractivity contribution in [2.24, 2.45) is 7.05 Å². The molecule has 0 radical (unpaired) electrons. The van der Waals surface area contributed by atoms with E-state index in [2.05, 4.69) is 20.3 Å². The molecule has 0 amide bonds. The monoisotopic (exact) mass is 401 g/mol. The number of sulfonamides is 1. The van der Waals surface area contributed by atoms with Gasteiger partial charge < -0.3 is 4.90 Å². The second-order valence-electron chi connectivity index (χ2n) is 7.04. The number of hydrogen-bond acceptors (Lipinski definition) is 6. The van der Waals surface area contributed by atoms with Crippen LogP contribution in [0.1, 0.15) is 11.1 Å². The van der Waals surface area contributed by atoms with E-state index in [4.69, 9.17) is 0 Å². The van der Waals surface area contributed by atoms with Crippen molar-refractivity contribution in [1.29, 1.82) is 0 Å². The molecule has 0 aliphatic carbocycles. The summed E-state index contributed by atoms with van der Waals surface area (Å²) in [4.78, 5) is 6.48. The highest BCUT2D eigenvalue weighted by Crippen LogP contribution is 2.32. The van der Waals surface area contributed by atoms with Crippen molar-refractivity contribution in [2.75, 3.05) is 31.1 Å². The Morgan fingerprint density at radius 1 is 1.07 bits per heavy atom. The van der Waals surface area contributed by atoms with Gasteiger partial charge in [-0.1, -0.05) is 0 Å². The summed E-state index contributed by atoms with van der Waals surface area (Å²) in [6.07, 6.45) is 4.99. The van der Waals surface area contributed by atoms with E-state index in [0.29, 0.717) is 42.6 Å². The number of hydrogen-bond donors (Lipinski definition) is 1. The molecule has 3 heterocycles. The molecule has 0 bridgehead atoms. The number of H-pyrrole nitrogens is 1. The highest BCUT2D eigenvalue weighted by molar-refractivity contribution is 7.89. The van der Waals surface area contributed by atoms with Crippen LogP contribution in [0.4, 0.5) is 5.95 Å². The van der Waals surface area contributed by atoms with Crippen molar-refractivity contribution in [3.8, 4) is 11.1 Å². The van der Waals surface area contributed by atoms with Gasteiger partial charge in [0.25, 0.3) is 0 Å². The summed E-state index contributed by atoms with van der Waals surface area (Å²) in [6, 6.07) is 3.71. The minimum absolute atomic E-state index is 0.330. The van der Waals surface area contributed by atoms with Crippen LogP contribution < -0.4 is 4.90 Å². The molecule has 4 rings (SSSR count). The normalized spacial score (nSPS) is 15.9. The number of rotatable bonds is 4. The fraction of sp³-hybridized carbons (Fsp3) is 0.389. The van der Waals surface area contributed by atoms with Crippen LogP contribution in [0, 0.1) is 13.8 Å². The summed E-state index contributed by atoms with van der Waals surface area (Å²) in [5, 5.41) is 10.9. The summed E-state index contributed by atoms with van der Waals surface area (Å²) < 4.78 is 30.2. The van der Waals surface area contributed by atoms with Crippen LogP contribution in [-0.4, -0.2) is 63.9 Å². The molecule has 1 fully saturated rings. The molecule has 2 aromatic heterocycles. The number of piperazine rings is 1. The zero-order chi connectivity index (χ0) is 19.9. The van der Waals surface area contributed by atoms with Crippen molar-refractivity contribution >= 4 is 16.0 Å². The maximum atomic E-state index is 13.5. The first-order valence-corrected chi connectivity index (χ1v) is 10.5. The number of aromatic nitrogens is 5. The molecular weight excluding hydrogens is 378 g/mol. The fourth-order valence-corrected chi connectivity index (χ4v) is 5.12. The van der Waals surface area contributed by atoms with Crippen LogP contribution in [-0.2, 0) is 17.1 Å². The van der Waals surface area contributed by atoms with E-state index in [1.54, 1.807) is 21.3 Å². The summed E-state index contributed by atoms with van der Waals surface area (Å²) in [5.74, 6) is 0.666. The third kappa shape index (κ3) is 3.29. The van der Waals surface area contributed by atoms with E-state index >= 15 is 0 Å². The second-order valence-corrected chi connectivity index (χ2v) is 8.94. The molecule has 148 valence electrons. The third-order valence-corrected chi connectivity index (χ3v) is 7.11. The first kappa shape index (κ1) is 18.6. The van der Waals surface area contributed by atoms with Crippen molar-refractivity contribution in [3.05, 3.63) is 42.0 Å². The molecule has 10 heteroatoms. The topological polar surface area (TPSA) is 100 Å². The largest absolute Gasteiger partial charge is 0.339 e. The van der Waals surface area contributed by atoms with Gasteiger partial charge in [-0.3, -0.25) is 4.68 Å². The SMILES string of the molecule is Cc1cc(-c2cnn(C)c2)c(S(=O)(=O)N2CCN(c3ncn[nH]3)CC2)cc1C.